The molecule has 0 bridgehead atoms. The summed E-state index contributed by atoms with van der Waals surface area (Å²) in [7, 11) is 0. The van der Waals surface area contributed by atoms with Gasteiger partial charge in [-0.05, 0) is 48.1 Å². The summed E-state index contributed by atoms with van der Waals surface area (Å²) < 4.78 is 1.29. The van der Waals surface area contributed by atoms with Gasteiger partial charge in [-0.1, -0.05) is 42.8 Å². The molecule has 28 heavy (non-hydrogen) atoms. The molecule has 2 atom stereocenters. The van der Waals surface area contributed by atoms with Crippen molar-refractivity contribution in [2.75, 3.05) is 0 Å². The molecule has 0 fully saturated rings. The van der Waals surface area contributed by atoms with Gasteiger partial charge in [-0.15, -0.1) is 0 Å². The van der Waals surface area contributed by atoms with E-state index >= 15 is 0 Å². The van der Waals surface area contributed by atoms with Gasteiger partial charge in [-0.25, -0.2) is 0 Å². The van der Waals surface area contributed by atoms with Gasteiger partial charge in [0.05, 0.1) is 0 Å². The lowest BCUT2D eigenvalue weighted by atomic mass is 9.91. The van der Waals surface area contributed by atoms with Crippen LogP contribution in [0.5, 0.6) is 0 Å². The Morgan fingerprint density at radius 1 is 1.04 bits per heavy atom. The van der Waals surface area contributed by atoms with Gasteiger partial charge >= 0.3 is 0 Å². The number of hydrogen-bond acceptors (Lipinski definition) is 3. The second-order valence-electron chi connectivity index (χ2n) is 6.95. The summed E-state index contributed by atoms with van der Waals surface area (Å²) in [5, 5.41) is 1.62. The topological polar surface area (TPSA) is 82.2 Å². The maximum atomic E-state index is 12.9. The van der Waals surface area contributed by atoms with Gasteiger partial charge in [0.15, 0.2) is 5.78 Å². The molecular formula is C22H21ClN2O3. The second kappa shape index (κ2) is 7.98. The molecule has 0 radical (unpaired) electrons. The average molecular weight is 397 g/mol. The highest BCUT2D eigenvalue weighted by Gasteiger charge is 2.18. The molecule has 0 aliphatic rings. The third-order valence-electron chi connectivity index (χ3n) is 5.03. The monoisotopic (exact) mass is 396 g/mol. The maximum Gasteiger partial charge on any atom is 0.259 e. The van der Waals surface area contributed by atoms with Gasteiger partial charge in [0.25, 0.3) is 5.56 Å². The summed E-state index contributed by atoms with van der Waals surface area (Å²) in [5.41, 5.74) is 6.49. The standard InChI is InChI=1S/C22H21ClN2O3/c1-13(15-6-8-16(23)9-7-15)12-20(26)18-4-3-5-19-17(18)10-11-25(22(19)28)14(2)21(24)27/h3-11,13-14H,12H2,1-2H3,(H2,24,27)/t13-,14-/m0/s1. The van der Waals surface area contributed by atoms with Crippen molar-refractivity contribution in [2.45, 2.75) is 32.2 Å². The Bertz CT molecular complexity index is 1100. The highest BCUT2D eigenvalue weighted by molar-refractivity contribution is 6.30. The van der Waals surface area contributed by atoms with Crippen LogP contribution in [-0.4, -0.2) is 16.3 Å². The number of ketones is 1. The molecule has 3 rings (SSSR count). The fraction of sp³-hybridized carbons (Fsp3) is 0.227. The van der Waals surface area contributed by atoms with E-state index in [-0.39, 0.29) is 17.3 Å². The molecule has 3 aromatic rings. The molecule has 0 saturated carbocycles. The summed E-state index contributed by atoms with van der Waals surface area (Å²) in [6.45, 7) is 3.55. The van der Waals surface area contributed by atoms with Crippen molar-refractivity contribution in [3.63, 3.8) is 0 Å². The summed E-state index contributed by atoms with van der Waals surface area (Å²) >= 11 is 5.93. The van der Waals surface area contributed by atoms with Crippen molar-refractivity contribution in [2.24, 2.45) is 5.73 Å². The molecule has 5 nitrogen and oxygen atoms in total. The maximum absolute atomic E-state index is 12.9. The Hall–Kier alpha value is -2.92. The minimum atomic E-state index is -0.763. The molecule has 0 aliphatic heterocycles. The zero-order chi connectivity index (χ0) is 20.4. The van der Waals surface area contributed by atoms with Crippen LogP contribution in [0.3, 0.4) is 0 Å². The van der Waals surface area contributed by atoms with Crippen molar-refractivity contribution >= 4 is 34.1 Å². The lowest BCUT2D eigenvalue weighted by Crippen LogP contribution is -2.31. The van der Waals surface area contributed by atoms with Crippen molar-refractivity contribution in [3.05, 3.63) is 81.2 Å². The third-order valence-corrected chi connectivity index (χ3v) is 5.28. The first-order valence-electron chi connectivity index (χ1n) is 9.01. The predicted molar refractivity (Wildman–Crippen MR) is 111 cm³/mol. The fourth-order valence-corrected chi connectivity index (χ4v) is 3.40. The molecule has 1 amide bonds. The smallest absolute Gasteiger partial charge is 0.259 e. The van der Waals surface area contributed by atoms with Gasteiger partial charge in [-0.3, -0.25) is 14.4 Å². The molecular weight excluding hydrogens is 376 g/mol. The highest BCUT2D eigenvalue weighted by Crippen LogP contribution is 2.25. The van der Waals surface area contributed by atoms with E-state index in [2.05, 4.69) is 0 Å². The van der Waals surface area contributed by atoms with Crippen LogP contribution >= 0.6 is 11.6 Å². The van der Waals surface area contributed by atoms with Crippen LogP contribution in [0.25, 0.3) is 10.8 Å². The van der Waals surface area contributed by atoms with Gasteiger partial charge in [0, 0.05) is 28.6 Å². The largest absolute Gasteiger partial charge is 0.368 e. The van der Waals surface area contributed by atoms with Crippen molar-refractivity contribution in [3.8, 4) is 0 Å². The summed E-state index contributed by atoms with van der Waals surface area (Å²) in [4.78, 5) is 37.1. The summed E-state index contributed by atoms with van der Waals surface area (Å²) in [5.74, 6) is -0.631. The van der Waals surface area contributed by atoms with Gasteiger partial charge in [0.1, 0.15) is 6.04 Å². The minimum Gasteiger partial charge on any atom is -0.368 e. The average Bonchev–Trinajstić information content (AvgIpc) is 2.67. The number of Topliss-reactive ketones (excluding diaryl/α,β-unsaturated/α-hetero) is 1. The Morgan fingerprint density at radius 3 is 2.36 bits per heavy atom. The lowest BCUT2D eigenvalue weighted by Gasteiger charge is -2.15. The first kappa shape index (κ1) is 19.8. The number of amides is 1. The molecule has 144 valence electrons. The van der Waals surface area contributed by atoms with E-state index in [1.165, 1.54) is 10.8 Å². The van der Waals surface area contributed by atoms with Crippen LogP contribution in [0.2, 0.25) is 5.02 Å². The SMILES string of the molecule is C[C@@H](CC(=O)c1cccc2c(=O)n([C@@H](C)C(N)=O)ccc12)c1ccc(Cl)cc1. The quantitative estimate of drug-likeness (QED) is 0.637. The molecule has 0 unspecified atom stereocenters. The number of benzene rings is 2. The minimum absolute atomic E-state index is 0.00952. The Kier molecular flexibility index (Phi) is 5.66. The lowest BCUT2D eigenvalue weighted by molar-refractivity contribution is -0.120. The van der Waals surface area contributed by atoms with Gasteiger partial charge in [-0.2, -0.15) is 0 Å². The first-order chi connectivity index (χ1) is 13.3. The molecule has 1 aromatic heterocycles. The van der Waals surface area contributed by atoms with E-state index in [0.717, 1.165) is 5.56 Å². The number of halogens is 1. The van der Waals surface area contributed by atoms with Crippen LogP contribution in [0.1, 0.15) is 48.1 Å². The Morgan fingerprint density at radius 2 is 1.71 bits per heavy atom. The van der Waals surface area contributed by atoms with E-state index in [4.69, 9.17) is 17.3 Å². The van der Waals surface area contributed by atoms with E-state index in [0.29, 0.717) is 27.8 Å². The first-order valence-corrected chi connectivity index (χ1v) is 9.39. The van der Waals surface area contributed by atoms with Crippen molar-refractivity contribution < 1.29 is 9.59 Å². The number of rotatable bonds is 6. The van der Waals surface area contributed by atoms with Crippen LogP contribution in [0, 0.1) is 0 Å². The number of hydrogen-bond donors (Lipinski definition) is 1. The zero-order valence-electron chi connectivity index (χ0n) is 15.7. The van der Waals surface area contributed by atoms with Crippen molar-refractivity contribution in [1.29, 1.82) is 0 Å². The predicted octanol–water partition coefficient (Wildman–Crippen LogP) is 4.08. The number of fused-ring (bicyclic) bond motifs is 1. The molecule has 0 saturated heterocycles. The number of carbonyl (C=O) groups excluding carboxylic acids is 2. The number of carbonyl (C=O) groups is 2. The van der Waals surface area contributed by atoms with Crippen LogP contribution in [0.4, 0.5) is 0 Å². The van der Waals surface area contributed by atoms with E-state index in [1.807, 2.05) is 19.1 Å². The third kappa shape index (κ3) is 3.85. The van der Waals surface area contributed by atoms with E-state index in [9.17, 15) is 14.4 Å². The normalized spacial score (nSPS) is 13.2. The highest BCUT2D eigenvalue weighted by atomic mass is 35.5. The molecule has 2 N–H and O–H groups in total. The number of aromatic nitrogens is 1. The van der Waals surface area contributed by atoms with E-state index in [1.54, 1.807) is 43.3 Å². The number of nitrogens with zero attached hydrogens (tertiary/aromatic N) is 1. The Labute approximate surface area is 167 Å². The fourth-order valence-electron chi connectivity index (χ4n) is 3.28. The van der Waals surface area contributed by atoms with Crippen LogP contribution < -0.4 is 11.3 Å². The second-order valence-corrected chi connectivity index (χ2v) is 7.39. The zero-order valence-corrected chi connectivity index (χ0v) is 16.4. The number of nitrogens with two attached hydrogens (primary N) is 1. The molecule has 6 heteroatoms. The van der Waals surface area contributed by atoms with Gasteiger partial charge in [0.2, 0.25) is 5.91 Å². The molecule has 0 spiro atoms. The summed E-state index contributed by atoms with van der Waals surface area (Å²) in [6.07, 6.45) is 1.82. The summed E-state index contributed by atoms with van der Waals surface area (Å²) in [6, 6.07) is 13.4. The molecule has 1 heterocycles. The number of primary amides is 1. The van der Waals surface area contributed by atoms with E-state index < -0.39 is 11.9 Å². The van der Waals surface area contributed by atoms with Crippen LogP contribution in [-0.2, 0) is 4.79 Å². The van der Waals surface area contributed by atoms with Crippen molar-refractivity contribution in [1.82, 2.24) is 4.57 Å². The van der Waals surface area contributed by atoms with Gasteiger partial charge < -0.3 is 10.3 Å². The molecule has 2 aromatic carbocycles. The van der Waals surface area contributed by atoms with Crippen LogP contribution in [0.15, 0.2) is 59.5 Å². The number of pyridine rings is 1. The molecule has 0 aliphatic carbocycles. The Balaban J connectivity index is 1.95.